The topological polar surface area (TPSA) is 23.5 Å². The van der Waals surface area contributed by atoms with Crippen LogP contribution >= 0.6 is 23.2 Å². The van der Waals surface area contributed by atoms with Crippen molar-refractivity contribution in [3.8, 4) is 0 Å². The van der Waals surface area contributed by atoms with Crippen LogP contribution in [0.1, 0.15) is 11.1 Å². The highest BCUT2D eigenvalue weighted by molar-refractivity contribution is 6.42. The van der Waals surface area contributed by atoms with E-state index in [1.165, 1.54) is 10.6 Å². The molecule has 1 aliphatic heterocycles. The molecule has 1 aromatic rings. The van der Waals surface area contributed by atoms with Gasteiger partial charge >= 0.3 is 0 Å². The number of halogens is 2. The molecule has 0 fully saturated rings. The van der Waals surface area contributed by atoms with E-state index < -0.39 is 0 Å². The van der Waals surface area contributed by atoms with E-state index in [0.29, 0.717) is 23.1 Å². The van der Waals surface area contributed by atoms with Gasteiger partial charge in [0.15, 0.2) is 0 Å². The van der Waals surface area contributed by atoms with Crippen molar-refractivity contribution in [2.24, 2.45) is 0 Å². The molecule has 4 heteroatoms. The van der Waals surface area contributed by atoms with Crippen molar-refractivity contribution in [3.63, 3.8) is 0 Å². The Morgan fingerprint density at radius 2 is 2.08 bits per heavy atom. The number of fused-ring (bicyclic) bond motifs is 1. The fourth-order valence-electron chi connectivity index (χ4n) is 1.55. The van der Waals surface area contributed by atoms with Crippen molar-refractivity contribution in [2.75, 3.05) is 6.54 Å². The lowest BCUT2D eigenvalue weighted by molar-refractivity contribution is -0.103. The average Bonchev–Trinajstić information content (AvgIpc) is 2.12. The lowest BCUT2D eigenvalue weighted by Gasteiger charge is -2.24. The van der Waals surface area contributed by atoms with Gasteiger partial charge in [-0.1, -0.05) is 29.3 Å². The summed E-state index contributed by atoms with van der Waals surface area (Å²) >= 11 is 11.9. The SMILES string of the molecule is ON1CCc2ccc(Cl)c(Cl)c2C1. The Labute approximate surface area is 86.6 Å². The first-order valence-corrected chi connectivity index (χ1v) is 4.83. The van der Waals surface area contributed by atoms with Crippen molar-refractivity contribution in [2.45, 2.75) is 13.0 Å². The van der Waals surface area contributed by atoms with Crippen LogP contribution in [-0.4, -0.2) is 16.8 Å². The maximum absolute atomic E-state index is 9.30. The van der Waals surface area contributed by atoms with E-state index in [1.807, 2.05) is 6.07 Å². The minimum absolute atomic E-state index is 0.467. The first-order chi connectivity index (χ1) is 6.18. The van der Waals surface area contributed by atoms with Gasteiger partial charge in [-0.2, -0.15) is 5.06 Å². The number of benzene rings is 1. The average molecular weight is 218 g/mol. The minimum Gasteiger partial charge on any atom is -0.314 e. The van der Waals surface area contributed by atoms with E-state index in [4.69, 9.17) is 23.2 Å². The normalized spacial score (nSPS) is 17.2. The first kappa shape index (κ1) is 9.28. The molecule has 2 nitrogen and oxygen atoms in total. The number of hydroxylamine groups is 2. The molecule has 0 radical (unpaired) electrons. The lowest BCUT2D eigenvalue weighted by Crippen LogP contribution is -2.27. The Morgan fingerprint density at radius 1 is 1.31 bits per heavy atom. The number of rotatable bonds is 0. The van der Waals surface area contributed by atoms with Crippen LogP contribution in [0.15, 0.2) is 12.1 Å². The lowest BCUT2D eigenvalue weighted by atomic mass is 10.0. The molecule has 13 heavy (non-hydrogen) atoms. The maximum atomic E-state index is 9.30. The summed E-state index contributed by atoms with van der Waals surface area (Å²) in [5.74, 6) is 0. The summed E-state index contributed by atoms with van der Waals surface area (Å²) in [4.78, 5) is 0. The first-order valence-electron chi connectivity index (χ1n) is 4.08. The third-order valence-corrected chi connectivity index (χ3v) is 3.12. The molecule has 0 unspecified atom stereocenters. The second-order valence-electron chi connectivity index (χ2n) is 3.14. The van der Waals surface area contributed by atoms with Crippen molar-refractivity contribution < 1.29 is 5.21 Å². The summed E-state index contributed by atoms with van der Waals surface area (Å²) < 4.78 is 0. The van der Waals surface area contributed by atoms with Gasteiger partial charge in [-0.05, 0) is 23.6 Å². The Morgan fingerprint density at radius 3 is 2.85 bits per heavy atom. The van der Waals surface area contributed by atoms with Crippen LogP contribution in [0.4, 0.5) is 0 Å². The molecule has 2 rings (SSSR count). The van der Waals surface area contributed by atoms with Gasteiger partial charge in [-0.15, -0.1) is 0 Å². The number of hydrogen-bond donors (Lipinski definition) is 1. The molecule has 0 atom stereocenters. The Hall–Kier alpha value is -0.280. The van der Waals surface area contributed by atoms with Crippen molar-refractivity contribution in [3.05, 3.63) is 33.3 Å². The van der Waals surface area contributed by atoms with E-state index >= 15 is 0 Å². The molecular formula is C9H9Cl2NO. The number of nitrogens with zero attached hydrogens (tertiary/aromatic N) is 1. The molecule has 70 valence electrons. The smallest absolute Gasteiger partial charge is 0.0640 e. The zero-order valence-electron chi connectivity index (χ0n) is 6.93. The summed E-state index contributed by atoms with van der Waals surface area (Å²) in [6, 6.07) is 3.77. The zero-order chi connectivity index (χ0) is 9.42. The second kappa shape index (κ2) is 3.46. The summed E-state index contributed by atoms with van der Waals surface area (Å²) in [5.41, 5.74) is 2.13. The summed E-state index contributed by atoms with van der Waals surface area (Å²) in [5, 5.41) is 11.7. The van der Waals surface area contributed by atoms with Gasteiger partial charge in [-0.3, -0.25) is 0 Å². The minimum atomic E-state index is 0.467. The number of hydrogen-bond acceptors (Lipinski definition) is 2. The molecule has 0 aromatic heterocycles. The molecule has 1 aromatic carbocycles. The summed E-state index contributed by atoms with van der Waals surface area (Å²) in [7, 11) is 0. The third-order valence-electron chi connectivity index (χ3n) is 2.27. The van der Waals surface area contributed by atoms with E-state index in [0.717, 1.165) is 12.0 Å². The van der Waals surface area contributed by atoms with Crippen LogP contribution < -0.4 is 0 Å². The molecule has 0 aliphatic carbocycles. The van der Waals surface area contributed by atoms with Gasteiger partial charge in [0, 0.05) is 6.54 Å². The highest BCUT2D eigenvalue weighted by atomic mass is 35.5. The van der Waals surface area contributed by atoms with Crippen LogP contribution in [-0.2, 0) is 13.0 Å². The van der Waals surface area contributed by atoms with Crippen molar-refractivity contribution >= 4 is 23.2 Å². The largest absolute Gasteiger partial charge is 0.314 e. The maximum Gasteiger partial charge on any atom is 0.0640 e. The molecule has 1 aliphatic rings. The molecule has 0 saturated carbocycles. The fraction of sp³-hybridized carbons (Fsp3) is 0.333. The van der Waals surface area contributed by atoms with Crippen molar-refractivity contribution in [1.29, 1.82) is 0 Å². The van der Waals surface area contributed by atoms with Gasteiger partial charge < -0.3 is 5.21 Å². The molecule has 0 bridgehead atoms. The Kier molecular flexibility index (Phi) is 2.47. The van der Waals surface area contributed by atoms with Crippen LogP contribution in [0, 0.1) is 0 Å². The van der Waals surface area contributed by atoms with Gasteiger partial charge in [0.1, 0.15) is 0 Å². The predicted octanol–water partition coefficient (Wildman–Crippen LogP) is 2.74. The quantitative estimate of drug-likeness (QED) is 0.723. The predicted molar refractivity (Wildman–Crippen MR) is 52.4 cm³/mol. The summed E-state index contributed by atoms with van der Waals surface area (Å²) in [6.45, 7) is 1.12. The van der Waals surface area contributed by atoms with E-state index in [9.17, 15) is 5.21 Å². The zero-order valence-corrected chi connectivity index (χ0v) is 8.44. The molecule has 1 heterocycles. The van der Waals surface area contributed by atoms with E-state index in [1.54, 1.807) is 6.07 Å². The van der Waals surface area contributed by atoms with Crippen LogP contribution in [0.3, 0.4) is 0 Å². The van der Waals surface area contributed by atoms with Gasteiger partial charge in [-0.25, -0.2) is 0 Å². The molecule has 0 saturated heterocycles. The van der Waals surface area contributed by atoms with Crippen LogP contribution in [0.5, 0.6) is 0 Å². The Bertz CT molecular complexity index is 341. The van der Waals surface area contributed by atoms with Crippen LogP contribution in [0.2, 0.25) is 10.0 Å². The molecule has 0 spiro atoms. The molecule has 1 N–H and O–H groups in total. The van der Waals surface area contributed by atoms with Crippen LogP contribution in [0.25, 0.3) is 0 Å². The third kappa shape index (κ3) is 1.67. The van der Waals surface area contributed by atoms with E-state index in [2.05, 4.69) is 0 Å². The highest BCUT2D eigenvalue weighted by Gasteiger charge is 2.18. The standard InChI is InChI=1S/C9H9Cl2NO/c10-8-2-1-6-3-4-12(13)5-7(6)9(8)11/h1-2,13H,3-5H2. The second-order valence-corrected chi connectivity index (χ2v) is 3.92. The van der Waals surface area contributed by atoms with Gasteiger partial charge in [0.25, 0.3) is 0 Å². The van der Waals surface area contributed by atoms with E-state index in [-0.39, 0.29) is 0 Å². The molecule has 0 amide bonds. The van der Waals surface area contributed by atoms with Gasteiger partial charge in [0.05, 0.1) is 16.6 Å². The fourth-order valence-corrected chi connectivity index (χ4v) is 1.97. The monoisotopic (exact) mass is 217 g/mol. The highest BCUT2D eigenvalue weighted by Crippen LogP contribution is 2.31. The van der Waals surface area contributed by atoms with Crippen molar-refractivity contribution in [1.82, 2.24) is 5.06 Å². The Balaban J connectivity index is 2.48. The summed E-state index contributed by atoms with van der Waals surface area (Å²) in [6.07, 6.45) is 0.822. The van der Waals surface area contributed by atoms with Gasteiger partial charge in [0.2, 0.25) is 0 Å². The molecular weight excluding hydrogens is 209 g/mol.